The molecule has 0 unspecified atom stereocenters. The van der Waals surface area contributed by atoms with E-state index in [0.29, 0.717) is 19.6 Å². The molecule has 0 amide bonds. The molecular formula is C22H22N2O3. The van der Waals surface area contributed by atoms with Crippen molar-refractivity contribution >= 4 is 5.97 Å². The molecule has 5 heteroatoms. The van der Waals surface area contributed by atoms with E-state index in [9.17, 15) is 4.79 Å². The Morgan fingerprint density at radius 2 is 1.67 bits per heavy atom. The molecule has 0 fully saturated rings. The molecule has 138 valence electrons. The number of ether oxygens (including phenoxy) is 1. The summed E-state index contributed by atoms with van der Waals surface area (Å²) in [7, 11) is 0. The van der Waals surface area contributed by atoms with Gasteiger partial charge in [-0.25, -0.2) is 0 Å². The third-order valence-corrected chi connectivity index (χ3v) is 4.05. The molecule has 0 radical (unpaired) electrons. The average Bonchev–Trinajstić information content (AvgIpc) is 2.68. The summed E-state index contributed by atoms with van der Waals surface area (Å²) in [6.07, 6.45) is 3.64. The SMILES string of the molecule is O=C(O)CCN(Cc1cccnc1)Cc1cccc(Oc2ccccc2)c1. The zero-order valence-electron chi connectivity index (χ0n) is 15.0. The number of hydrogen-bond donors (Lipinski definition) is 1. The number of hydrogen-bond acceptors (Lipinski definition) is 4. The van der Waals surface area contributed by atoms with E-state index in [0.717, 1.165) is 22.6 Å². The Balaban J connectivity index is 1.70. The van der Waals surface area contributed by atoms with Crippen molar-refractivity contribution in [3.63, 3.8) is 0 Å². The van der Waals surface area contributed by atoms with Gasteiger partial charge in [0.25, 0.3) is 0 Å². The van der Waals surface area contributed by atoms with Gasteiger partial charge >= 0.3 is 5.97 Å². The van der Waals surface area contributed by atoms with Gasteiger partial charge in [0.15, 0.2) is 0 Å². The molecule has 2 aromatic carbocycles. The molecule has 0 spiro atoms. The van der Waals surface area contributed by atoms with Gasteiger partial charge in [-0.15, -0.1) is 0 Å². The molecular weight excluding hydrogens is 340 g/mol. The maximum Gasteiger partial charge on any atom is 0.304 e. The van der Waals surface area contributed by atoms with E-state index in [1.807, 2.05) is 72.9 Å². The minimum atomic E-state index is -0.799. The average molecular weight is 362 g/mol. The van der Waals surface area contributed by atoms with Crippen LogP contribution in [0.5, 0.6) is 11.5 Å². The maximum absolute atomic E-state index is 11.0. The van der Waals surface area contributed by atoms with Gasteiger partial charge in [-0.2, -0.15) is 0 Å². The van der Waals surface area contributed by atoms with Crippen molar-refractivity contribution in [1.82, 2.24) is 9.88 Å². The quantitative estimate of drug-likeness (QED) is 0.613. The number of pyridine rings is 1. The smallest absolute Gasteiger partial charge is 0.304 e. The molecule has 27 heavy (non-hydrogen) atoms. The second kappa shape index (κ2) is 9.50. The Bertz CT molecular complexity index is 854. The molecule has 5 nitrogen and oxygen atoms in total. The summed E-state index contributed by atoms with van der Waals surface area (Å²) in [5.74, 6) is 0.748. The highest BCUT2D eigenvalue weighted by molar-refractivity contribution is 5.66. The van der Waals surface area contributed by atoms with Crippen molar-refractivity contribution < 1.29 is 14.6 Å². The fraction of sp³-hybridized carbons (Fsp3) is 0.182. The van der Waals surface area contributed by atoms with Crippen LogP contribution in [0.2, 0.25) is 0 Å². The van der Waals surface area contributed by atoms with Crippen LogP contribution >= 0.6 is 0 Å². The van der Waals surface area contributed by atoms with E-state index >= 15 is 0 Å². The van der Waals surface area contributed by atoms with Gasteiger partial charge < -0.3 is 9.84 Å². The Kier molecular flexibility index (Phi) is 6.55. The zero-order valence-corrected chi connectivity index (χ0v) is 15.0. The predicted molar refractivity (Wildman–Crippen MR) is 104 cm³/mol. The van der Waals surface area contributed by atoms with Crippen LogP contribution in [0, 0.1) is 0 Å². The second-order valence-electron chi connectivity index (χ2n) is 6.28. The molecule has 0 aliphatic rings. The summed E-state index contributed by atoms with van der Waals surface area (Å²) < 4.78 is 5.89. The van der Waals surface area contributed by atoms with Crippen molar-refractivity contribution in [1.29, 1.82) is 0 Å². The minimum absolute atomic E-state index is 0.0977. The molecule has 0 saturated heterocycles. The van der Waals surface area contributed by atoms with Crippen LogP contribution in [0.15, 0.2) is 79.1 Å². The molecule has 1 N–H and O–H groups in total. The van der Waals surface area contributed by atoms with E-state index in [1.165, 1.54) is 0 Å². The Hall–Kier alpha value is -3.18. The van der Waals surface area contributed by atoms with Gasteiger partial charge in [-0.05, 0) is 41.5 Å². The summed E-state index contributed by atoms with van der Waals surface area (Å²) >= 11 is 0. The summed E-state index contributed by atoms with van der Waals surface area (Å²) in [5, 5.41) is 9.04. The lowest BCUT2D eigenvalue weighted by Gasteiger charge is -2.22. The number of carboxylic acids is 1. The molecule has 0 atom stereocenters. The summed E-state index contributed by atoms with van der Waals surface area (Å²) in [6.45, 7) is 1.74. The van der Waals surface area contributed by atoms with Crippen molar-refractivity contribution in [3.05, 3.63) is 90.3 Å². The molecule has 0 bridgehead atoms. The van der Waals surface area contributed by atoms with Crippen molar-refractivity contribution in [2.75, 3.05) is 6.54 Å². The molecule has 1 aromatic heterocycles. The first-order chi connectivity index (χ1) is 13.2. The molecule has 3 rings (SSSR count). The van der Waals surface area contributed by atoms with E-state index in [2.05, 4.69) is 9.88 Å². The second-order valence-corrected chi connectivity index (χ2v) is 6.28. The van der Waals surface area contributed by atoms with Crippen LogP contribution in [0.3, 0.4) is 0 Å². The fourth-order valence-electron chi connectivity index (χ4n) is 2.81. The molecule has 0 saturated carbocycles. The van der Waals surface area contributed by atoms with Gasteiger partial charge in [0.05, 0.1) is 6.42 Å². The number of aromatic nitrogens is 1. The minimum Gasteiger partial charge on any atom is -0.481 e. The number of aliphatic carboxylic acids is 1. The van der Waals surface area contributed by atoms with Crippen LogP contribution in [0.25, 0.3) is 0 Å². The maximum atomic E-state index is 11.0. The lowest BCUT2D eigenvalue weighted by atomic mass is 10.1. The molecule has 3 aromatic rings. The molecule has 0 aliphatic heterocycles. The first-order valence-electron chi connectivity index (χ1n) is 8.84. The number of para-hydroxylation sites is 1. The van der Waals surface area contributed by atoms with E-state index < -0.39 is 5.97 Å². The highest BCUT2D eigenvalue weighted by Crippen LogP contribution is 2.22. The Labute approximate surface area is 158 Å². The zero-order chi connectivity index (χ0) is 18.9. The number of benzene rings is 2. The van der Waals surface area contributed by atoms with Gasteiger partial charge in [-0.3, -0.25) is 14.7 Å². The third kappa shape index (κ3) is 6.24. The highest BCUT2D eigenvalue weighted by atomic mass is 16.5. The Morgan fingerprint density at radius 1 is 0.926 bits per heavy atom. The summed E-state index contributed by atoms with van der Waals surface area (Å²) in [4.78, 5) is 17.2. The topological polar surface area (TPSA) is 62.7 Å². The highest BCUT2D eigenvalue weighted by Gasteiger charge is 2.10. The van der Waals surface area contributed by atoms with Crippen LogP contribution in [0.1, 0.15) is 17.5 Å². The van der Waals surface area contributed by atoms with Gasteiger partial charge in [0.1, 0.15) is 11.5 Å². The lowest BCUT2D eigenvalue weighted by Crippen LogP contribution is -2.25. The van der Waals surface area contributed by atoms with Crippen molar-refractivity contribution in [2.24, 2.45) is 0 Å². The first-order valence-corrected chi connectivity index (χ1v) is 8.84. The van der Waals surface area contributed by atoms with Crippen molar-refractivity contribution in [3.8, 4) is 11.5 Å². The predicted octanol–water partition coefficient (Wildman–Crippen LogP) is 4.35. The fourth-order valence-corrected chi connectivity index (χ4v) is 2.81. The summed E-state index contributed by atoms with van der Waals surface area (Å²) in [6, 6.07) is 21.4. The largest absolute Gasteiger partial charge is 0.481 e. The van der Waals surface area contributed by atoms with Gasteiger partial charge in [0, 0.05) is 32.0 Å². The number of carbonyl (C=O) groups is 1. The number of nitrogens with zero attached hydrogens (tertiary/aromatic N) is 2. The van der Waals surface area contributed by atoms with E-state index in [-0.39, 0.29) is 6.42 Å². The van der Waals surface area contributed by atoms with E-state index in [1.54, 1.807) is 6.20 Å². The van der Waals surface area contributed by atoms with Crippen LogP contribution in [-0.2, 0) is 17.9 Å². The van der Waals surface area contributed by atoms with Crippen LogP contribution < -0.4 is 4.74 Å². The lowest BCUT2D eigenvalue weighted by molar-refractivity contribution is -0.137. The normalized spacial score (nSPS) is 10.7. The number of carboxylic acid groups (broad SMARTS) is 1. The standard InChI is InChI=1S/C22H22N2O3/c25-22(26)11-13-24(17-19-7-5-12-23-15-19)16-18-6-4-10-21(14-18)27-20-8-2-1-3-9-20/h1-10,12,14-15H,11,13,16-17H2,(H,25,26). The summed E-state index contributed by atoms with van der Waals surface area (Å²) in [5.41, 5.74) is 2.12. The monoisotopic (exact) mass is 362 g/mol. The first kappa shape index (κ1) is 18.6. The molecule has 0 aliphatic carbocycles. The van der Waals surface area contributed by atoms with E-state index in [4.69, 9.17) is 9.84 Å². The third-order valence-electron chi connectivity index (χ3n) is 4.05. The van der Waals surface area contributed by atoms with Gasteiger partial charge in [0.2, 0.25) is 0 Å². The van der Waals surface area contributed by atoms with Gasteiger partial charge in [-0.1, -0.05) is 36.4 Å². The van der Waals surface area contributed by atoms with Crippen LogP contribution in [-0.4, -0.2) is 27.5 Å². The Morgan fingerprint density at radius 3 is 2.41 bits per heavy atom. The number of rotatable bonds is 9. The molecule has 1 heterocycles. The van der Waals surface area contributed by atoms with Crippen LogP contribution in [0.4, 0.5) is 0 Å². The van der Waals surface area contributed by atoms with Crippen molar-refractivity contribution in [2.45, 2.75) is 19.5 Å².